The van der Waals surface area contributed by atoms with Crippen molar-refractivity contribution < 1.29 is 19.1 Å². The summed E-state index contributed by atoms with van der Waals surface area (Å²) >= 11 is 0. The van der Waals surface area contributed by atoms with E-state index in [1.807, 2.05) is 0 Å². The number of hydrogen-bond acceptors (Lipinski definition) is 4. The summed E-state index contributed by atoms with van der Waals surface area (Å²) in [5.74, 6) is 1.24. The molecule has 178 valence electrons. The van der Waals surface area contributed by atoms with E-state index in [0.717, 1.165) is 25.7 Å². The molecule has 0 N–H and O–H groups in total. The van der Waals surface area contributed by atoms with Gasteiger partial charge in [-0.2, -0.15) is 0 Å². The molecule has 0 spiro atoms. The molecule has 0 aliphatic heterocycles. The molecule has 0 rings (SSSR count). The zero-order valence-electron chi connectivity index (χ0n) is 20.7. The highest BCUT2D eigenvalue weighted by Crippen LogP contribution is 2.19. The highest BCUT2D eigenvalue weighted by molar-refractivity contribution is 5.69. The standard InChI is InChI=1S/C26H50O4/c1-6-24(19-26(28)30-21-23(4)5)17-15-13-11-9-7-8-10-12-14-16-18-25(27)29-20-22(2)3/h22-24H,6-21H2,1-5H3. The first-order chi connectivity index (χ1) is 14.3. The van der Waals surface area contributed by atoms with Gasteiger partial charge >= 0.3 is 11.9 Å². The molecule has 1 atom stereocenters. The lowest BCUT2D eigenvalue weighted by Gasteiger charge is -2.14. The zero-order valence-corrected chi connectivity index (χ0v) is 20.7. The average molecular weight is 427 g/mol. The van der Waals surface area contributed by atoms with Crippen molar-refractivity contribution in [3.63, 3.8) is 0 Å². The average Bonchev–Trinajstić information content (AvgIpc) is 2.70. The normalized spacial score (nSPS) is 12.4. The van der Waals surface area contributed by atoms with Crippen molar-refractivity contribution in [3.8, 4) is 0 Å². The molecule has 1 unspecified atom stereocenters. The van der Waals surface area contributed by atoms with E-state index in [0.29, 0.717) is 43.8 Å². The molecule has 0 fully saturated rings. The van der Waals surface area contributed by atoms with E-state index < -0.39 is 0 Å². The minimum absolute atomic E-state index is 0.0250. The summed E-state index contributed by atoms with van der Waals surface area (Å²) in [6.45, 7) is 11.5. The minimum atomic E-state index is -0.0403. The number of rotatable bonds is 20. The van der Waals surface area contributed by atoms with Crippen LogP contribution in [0.1, 0.15) is 125 Å². The van der Waals surface area contributed by atoms with E-state index in [9.17, 15) is 9.59 Å². The van der Waals surface area contributed by atoms with Crippen molar-refractivity contribution in [1.82, 2.24) is 0 Å². The molecule has 0 aromatic carbocycles. The van der Waals surface area contributed by atoms with E-state index in [-0.39, 0.29) is 11.9 Å². The Kier molecular flexibility index (Phi) is 19.2. The van der Waals surface area contributed by atoms with Gasteiger partial charge in [0, 0.05) is 12.8 Å². The van der Waals surface area contributed by atoms with Crippen LogP contribution in [0.2, 0.25) is 0 Å². The third kappa shape index (κ3) is 20.2. The number of esters is 2. The van der Waals surface area contributed by atoms with Gasteiger partial charge in [-0.05, 0) is 30.6 Å². The maximum absolute atomic E-state index is 11.9. The maximum atomic E-state index is 11.9. The van der Waals surface area contributed by atoms with Crippen LogP contribution in [0.25, 0.3) is 0 Å². The van der Waals surface area contributed by atoms with Gasteiger partial charge in [-0.3, -0.25) is 9.59 Å². The molecule has 0 aliphatic rings. The van der Waals surface area contributed by atoms with E-state index in [2.05, 4.69) is 34.6 Å². The second-order valence-corrected chi connectivity index (χ2v) is 9.71. The number of carbonyl (C=O) groups excluding carboxylic acids is 2. The third-order valence-electron chi connectivity index (χ3n) is 5.43. The molecule has 0 heterocycles. The molecule has 0 aromatic rings. The zero-order chi connectivity index (χ0) is 22.6. The Morgan fingerprint density at radius 1 is 0.633 bits per heavy atom. The first-order valence-electron chi connectivity index (χ1n) is 12.7. The fourth-order valence-electron chi connectivity index (χ4n) is 3.45. The van der Waals surface area contributed by atoms with E-state index in [4.69, 9.17) is 9.47 Å². The lowest BCUT2D eigenvalue weighted by Crippen LogP contribution is -2.14. The minimum Gasteiger partial charge on any atom is -0.465 e. The second-order valence-electron chi connectivity index (χ2n) is 9.71. The molecule has 0 aromatic heterocycles. The number of ether oxygens (including phenoxy) is 2. The van der Waals surface area contributed by atoms with Crippen molar-refractivity contribution in [1.29, 1.82) is 0 Å². The molecule has 0 saturated carbocycles. The van der Waals surface area contributed by atoms with E-state index >= 15 is 0 Å². The van der Waals surface area contributed by atoms with Gasteiger partial charge in [-0.25, -0.2) is 0 Å². The van der Waals surface area contributed by atoms with Crippen molar-refractivity contribution in [2.75, 3.05) is 13.2 Å². The summed E-state index contributed by atoms with van der Waals surface area (Å²) in [6.07, 6.45) is 15.7. The number of hydrogen-bond donors (Lipinski definition) is 0. The van der Waals surface area contributed by atoms with Crippen LogP contribution in [0.3, 0.4) is 0 Å². The van der Waals surface area contributed by atoms with Crippen LogP contribution in [0.4, 0.5) is 0 Å². The van der Waals surface area contributed by atoms with Crippen molar-refractivity contribution >= 4 is 11.9 Å². The second kappa shape index (κ2) is 19.9. The summed E-state index contributed by atoms with van der Waals surface area (Å²) in [5, 5.41) is 0. The number of carbonyl (C=O) groups is 2. The van der Waals surface area contributed by atoms with Gasteiger partial charge in [-0.1, -0.05) is 98.8 Å². The van der Waals surface area contributed by atoms with Crippen LogP contribution in [0.15, 0.2) is 0 Å². The first kappa shape index (κ1) is 28.9. The van der Waals surface area contributed by atoms with Crippen molar-refractivity contribution in [2.45, 2.75) is 125 Å². The van der Waals surface area contributed by atoms with Gasteiger partial charge < -0.3 is 9.47 Å². The van der Waals surface area contributed by atoms with Crippen LogP contribution in [-0.2, 0) is 19.1 Å². The smallest absolute Gasteiger partial charge is 0.306 e. The highest BCUT2D eigenvalue weighted by atomic mass is 16.5. The summed E-state index contributed by atoms with van der Waals surface area (Å²) < 4.78 is 10.5. The van der Waals surface area contributed by atoms with Crippen LogP contribution in [0, 0.1) is 17.8 Å². The lowest BCUT2D eigenvalue weighted by molar-refractivity contribution is -0.146. The van der Waals surface area contributed by atoms with Crippen LogP contribution in [-0.4, -0.2) is 25.2 Å². The molecule has 0 aliphatic carbocycles. The largest absolute Gasteiger partial charge is 0.465 e. The molecule has 0 saturated heterocycles. The molecule has 4 nitrogen and oxygen atoms in total. The number of unbranched alkanes of at least 4 members (excludes halogenated alkanes) is 9. The molecule has 4 heteroatoms. The Hall–Kier alpha value is -1.06. The monoisotopic (exact) mass is 426 g/mol. The Morgan fingerprint density at radius 3 is 1.53 bits per heavy atom. The molecular weight excluding hydrogens is 376 g/mol. The summed E-state index contributed by atoms with van der Waals surface area (Å²) in [4.78, 5) is 23.4. The Balaban J connectivity index is 3.44. The van der Waals surface area contributed by atoms with Gasteiger partial charge in [-0.15, -0.1) is 0 Å². The predicted molar refractivity (Wildman–Crippen MR) is 125 cm³/mol. The summed E-state index contributed by atoms with van der Waals surface area (Å²) in [6, 6.07) is 0. The Bertz CT molecular complexity index is 417. The first-order valence-corrected chi connectivity index (χ1v) is 12.7. The maximum Gasteiger partial charge on any atom is 0.306 e. The Morgan fingerprint density at radius 2 is 1.07 bits per heavy atom. The SMILES string of the molecule is CCC(CCCCCCCCCCCCC(=O)OCC(C)C)CC(=O)OCC(C)C. The molecule has 30 heavy (non-hydrogen) atoms. The van der Waals surface area contributed by atoms with Gasteiger partial charge in [0.25, 0.3) is 0 Å². The van der Waals surface area contributed by atoms with Crippen LogP contribution < -0.4 is 0 Å². The van der Waals surface area contributed by atoms with Crippen molar-refractivity contribution in [2.24, 2.45) is 17.8 Å². The summed E-state index contributed by atoms with van der Waals surface area (Å²) in [5.41, 5.74) is 0. The van der Waals surface area contributed by atoms with E-state index in [1.54, 1.807) is 0 Å². The van der Waals surface area contributed by atoms with Crippen LogP contribution >= 0.6 is 0 Å². The topological polar surface area (TPSA) is 52.6 Å². The molecule has 0 radical (unpaired) electrons. The fraction of sp³-hybridized carbons (Fsp3) is 0.923. The quantitative estimate of drug-likeness (QED) is 0.149. The van der Waals surface area contributed by atoms with Gasteiger partial charge in [0.2, 0.25) is 0 Å². The lowest BCUT2D eigenvalue weighted by atomic mass is 9.95. The highest BCUT2D eigenvalue weighted by Gasteiger charge is 2.13. The van der Waals surface area contributed by atoms with E-state index in [1.165, 1.54) is 51.4 Å². The van der Waals surface area contributed by atoms with Gasteiger partial charge in [0.05, 0.1) is 13.2 Å². The molecule has 0 amide bonds. The van der Waals surface area contributed by atoms with Crippen molar-refractivity contribution in [3.05, 3.63) is 0 Å². The van der Waals surface area contributed by atoms with Gasteiger partial charge in [0.15, 0.2) is 0 Å². The van der Waals surface area contributed by atoms with Crippen LogP contribution in [0.5, 0.6) is 0 Å². The predicted octanol–water partition coefficient (Wildman–Crippen LogP) is 7.48. The molecular formula is C26H50O4. The fourth-order valence-corrected chi connectivity index (χ4v) is 3.45. The third-order valence-corrected chi connectivity index (χ3v) is 5.43. The summed E-state index contributed by atoms with van der Waals surface area (Å²) in [7, 11) is 0. The molecule has 0 bridgehead atoms. The Labute approximate surface area is 186 Å². The van der Waals surface area contributed by atoms with Gasteiger partial charge in [0.1, 0.15) is 0 Å².